The third kappa shape index (κ3) is 4.28. The van der Waals surface area contributed by atoms with Crippen LogP contribution < -0.4 is 0 Å². The molecule has 186 valence electrons. The van der Waals surface area contributed by atoms with E-state index in [0.717, 1.165) is 50.0 Å². The van der Waals surface area contributed by atoms with E-state index in [4.69, 9.17) is 16.5 Å². The minimum absolute atomic E-state index is 0.653. The van der Waals surface area contributed by atoms with Crippen LogP contribution in [-0.4, -0.2) is 9.97 Å². The predicted molar refractivity (Wildman–Crippen MR) is 165 cm³/mol. The van der Waals surface area contributed by atoms with Crippen molar-refractivity contribution in [2.24, 2.45) is 0 Å². The molecule has 6 aromatic carbocycles. The van der Waals surface area contributed by atoms with Crippen molar-refractivity contribution in [3.05, 3.63) is 151 Å². The van der Waals surface area contributed by atoms with Gasteiger partial charge in [0.05, 0.1) is 17.8 Å². The van der Waals surface area contributed by atoms with Crippen molar-refractivity contribution in [3.8, 4) is 44.9 Å². The molecule has 1 aromatic heterocycles. The number of hydrogen-bond acceptors (Lipinski definition) is 2. The van der Waals surface area contributed by atoms with Crippen LogP contribution in [-0.2, 0) is 0 Å². The minimum Gasteiger partial charge on any atom is -0.238 e. The highest BCUT2D eigenvalue weighted by atomic mass is 14.9. The molecule has 7 rings (SSSR count). The summed E-state index contributed by atoms with van der Waals surface area (Å²) in [4.78, 5) is 13.5. The number of hydrogen-bond donors (Lipinski definition) is 0. The maximum absolute atomic E-state index is 7.14. The highest BCUT2D eigenvalue weighted by Gasteiger charge is 2.13. The zero-order chi connectivity index (χ0) is 26.9. The van der Waals surface area contributed by atoms with Crippen molar-refractivity contribution in [1.29, 1.82) is 0 Å². The first kappa shape index (κ1) is 23.5. The molecule has 0 aliphatic heterocycles. The highest BCUT2D eigenvalue weighted by molar-refractivity contribution is 6.03. The van der Waals surface area contributed by atoms with E-state index in [-0.39, 0.29) is 0 Å². The maximum atomic E-state index is 7.14. The van der Waals surface area contributed by atoms with Gasteiger partial charge in [-0.15, -0.1) is 0 Å². The second-order valence-corrected chi connectivity index (χ2v) is 9.75. The number of aromatic nitrogens is 2. The number of fused-ring (bicyclic) bond motifs is 2. The summed E-state index contributed by atoms with van der Waals surface area (Å²) in [7, 11) is 0. The Morgan fingerprint density at radius 1 is 0.450 bits per heavy atom. The molecule has 0 saturated heterocycles. The molecule has 0 spiro atoms. The summed E-state index contributed by atoms with van der Waals surface area (Å²) < 4.78 is 0. The SMILES string of the molecule is [C-]#[N+]c1ccc(-c2ccc(-c3ccc(-c4nc(-c5cccc6ccccc56)c5ccccc5n4)cc3)cc2)cc1. The van der Waals surface area contributed by atoms with Gasteiger partial charge in [0, 0.05) is 16.5 Å². The van der Waals surface area contributed by atoms with Crippen LogP contribution in [0.3, 0.4) is 0 Å². The third-order valence-corrected chi connectivity index (χ3v) is 7.34. The summed E-state index contributed by atoms with van der Waals surface area (Å²) in [5.41, 5.74) is 9.12. The van der Waals surface area contributed by atoms with Crippen LogP contribution in [0.25, 0.3) is 71.4 Å². The molecule has 40 heavy (non-hydrogen) atoms. The Labute approximate surface area is 232 Å². The summed E-state index contributed by atoms with van der Waals surface area (Å²) in [6.07, 6.45) is 0. The molecule has 7 aromatic rings. The van der Waals surface area contributed by atoms with Gasteiger partial charge in [-0.1, -0.05) is 133 Å². The van der Waals surface area contributed by atoms with E-state index in [9.17, 15) is 0 Å². The molecule has 3 nitrogen and oxygen atoms in total. The van der Waals surface area contributed by atoms with Gasteiger partial charge >= 0.3 is 0 Å². The summed E-state index contributed by atoms with van der Waals surface area (Å²) in [5, 5.41) is 3.42. The lowest BCUT2D eigenvalue weighted by Crippen LogP contribution is -1.95. The molecule has 0 unspecified atom stereocenters. The first-order valence-electron chi connectivity index (χ1n) is 13.2. The molecule has 0 N–H and O–H groups in total. The molecule has 0 radical (unpaired) electrons. The fourth-order valence-corrected chi connectivity index (χ4v) is 5.24. The summed E-state index contributed by atoms with van der Waals surface area (Å²) in [6, 6.07) is 47.7. The lowest BCUT2D eigenvalue weighted by atomic mass is 9.98. The molecule has 0 saturated carbocycles. The number of rotatable bonds is 4. The molecular weight excluding hydrogens is 486 g/mol. The van der Waals surface area contributed by atoms with Gasteiger partial charge in [0.1, 0.15) is 0 Å². The molecule has 1 heterocycles. The first-order chi connectivity index (χ1) is 19.8. The van der Waals surface area contributed by atoms with Gasteiger partial charge in [0.25, 0.3) is 0 Å². The average molecular weight is 510 g/mol. The Bertz CT molecular complexity index is 2030. The molecule has 0 aliphatic rings. The van der Waals surface area contributed by atoms with E-state index < -0.39 is 0 Å². The molecular formula is C37H23N3. The van der Waals surface area contributed by atoms with E-state index in [2.05, 4.69) is 108 Å². The second kappa shape index (κ2) is 9.94. The Balaban J connectivity index is 1.25. The van der Waals surface area contributed by atoms with Crippen LogP contribution in [0.15, 0.2) is 140 Å². The standard InChI is InChI=1S/C37H23N3/c1-38-31-23-21-28(22-24-31)26-15-13-25(14-16-26)27-17-19-30(20-18-27)37-39-35-12-5-4-10-34(35)36(40-37)33-11-6-8-29-7-2-3-9-32(29)33/h2-24H. The summed E-state index contributed by atoms with van der Waals surface area (Å²) in [6.45, 7) is 7.14. The van der Waals surface area contributed by atoms with E-state index in [1.54, 1.807) is 0 Å². The highest BCUT2D eigenvalue weighted by Crippen LogP contribution is 2.34. The van der Waals surface area contributed by atoms with Gasteiger partial charge in [-0.05, 0) is 39.1 Å². The van der Waals surface area contributed by atoms with E-state index in [0.29, 0.717) is 11.5 Å². The number of para-hydroxylation sites is 1. The minimum atomic E-state index is 0.653. The Morgan fingerprint density at radius 3 is 1.62 bits per heavy atom. The zero-order valence-corrected chi connectivity index (χ0v) is 21.6. The number of benzene rings is 6. The van der Waals surface area contributed by atoms with Gasteiger partial charge in [-0.3, -0.25) is 0 Å². The van der Waals surface area contributed by atoms with Crippen LogP contribution in [0.4, 0.5) is 5.69 Å². The predicted octanol–water partition coefficient (Wildman–Crippen LogP) is 10.0. The maximum Gasteiger partial charge on any atom is 0.187 e. The summed E-state index contributed by atoms with van der Waals surface area (Å²) >= 11 is 0. The van der Waals surface area contributed by atoms with Gasteiger partial charge in [0.15, 0.2) is 11.5 Å². The van der Waals surface area contributed by atoms with Crippen LogP contribution in [0.1, 0.15) is 0 Å². The Kier molecular flexibility index (Phi) is 5.85. The molecule has 0 aliphatic carbocycles. The fraction of sp³-hybridized carbons (Fsp3) is 0. The monoisotopic (exact) mass is 509 g/mol. The molecule has 0 bridgehead atoms. The lowest BCUT2D eigenvalue weighted by Gasteiger charge is -2.12. The van der Waals surface area contributed by atoms with Gasteiger partial charge < -0.3 is 0 Å². The van der Waals surface area contributed by atoms with Crippen LogP contribution >= 0.6 is 0 Å². The third-order valence-electron chi connectivity index (χ3n) is 7.34. The first-order valence-corrected chi connectivity index (χ1v) is 13.2. The van der Waals surface area contributed by atoms with Gasteiger partial charge in [0.2, 0.25) is 0 Å². The smallest absolute Gasteiger partial charge is 0.187 e. The van der Waals surface area contributed by atoms with Crippen molar-refractivity contribution in [3.63, 3.8) is 0 Å². The normalized spacial score (nSPS) is 11.0. The molecule has 0 atom stereocenters. The van der Waals surface area contributed by atoms with Crippen molar-refractivity contribution < 1.29 is 0 Å². The Morgan fingerprint density at radius 2 is 0.975 bits per heavy atom. The van der Waals surface area contributed by atoms with Crippen molar-refractivity contribution >= 4 is 27.4 Å². The van der Waals surface area contributed by atoms with Crippen LogP contribution in [0.2, 0.25) is 0 Å². The van der Waals surface area contributed by atoms with Gasteiger partial charge in [-0.25, -0.2) is 14.8 Å². The average Bonchev–Trinajstić information content (AvgIpc) is 3.04. The van der Waals surface area contributed by atoms with Crippen molar-refractivity contribution in [2.45, 2.75) is 0 Å². The van der Waals surface area contributed by atoms with Crippen molar-refractivity contribution in [2.75, 3.05) is 0 Å². The second-order valence-electron chi connectivity index (χ2n) is 9.75. The molecule has 3 heteroatoms. The Hall–Kier alpha value is -5.59. The quantitative estimate of drug-likeness (QED) is 0.221. The van der Waals surface area contributed by atoms with Crippen molar-refractivity contribution in [1.82, 2.24) is 9.97 Å². The van der Waals surface area contributed by atoms with Crippen LogP contribution in [0, 0.1) is 6.57 Å². The molecule has 0 amide bonds. The lowest BCUT2D eigenvalue weighted by molar-refractivity contribution is 1.23. The number of nitrogens with zero attached hydrogens (tertiary/aromatic N) is 3. The van der Waals surface area contributed by atoms with Crippen LogP contribution in [0.5, 0.6) is 0 Å². The fourth-order valence-electron chi connectivity index (χ4n) is 5.24. The van der Waals surface area contributed by atoms with Gasteiger partial charge in [-0.2, -0.15) is 0 Å². The van der Waals surface area contributed by atoms with E-state index in [1.807, 2.05) is 36.4 Å². The molecule has 0 fully saturated rings. The van der Waals surface area contributed by atoms with E-state index in [1.165, 1.54) is 10.8 Å². The topological polar surface area (TPSA) is 30.1 Å². The zero-order valence-electron chi connectivity index (χ0n) is 21.6. The largest absolute Gasteiger partial charge is 0.238 e. The summed E-state index contributed by atoms with van der Waals surface area (Å²) in [5.74, 6) is 0.714. The van der Waals surface area contributed by atoms with E-state index >= 15 is 0 Å².